The van der Waals surface area contributed by atoms with Crippen molar-refractivity contribution in [3.63, 3.8) is 0 Å². The number of methoxy groups -OCH3 is 1. The van der Waals surface area contributed by atoms with Crippen molar-refractivity contribution in [2.24, 2.45) is 11.1 Å². The molecule has 6 nitrogen and oxygen atoms in total. The van der Waals surface area contributed by atoms with E-state index in [9.17, 15) is 9.59 Å². The van der Waals surface area contributed by atoms with Crippen molar-refractivity contribution >= 4 is 11.8 Å². The number of benzene rings is 1. The predicted octanol–water partition coefficient (Wildman–Crippen LogP) is 0.915. The first-order valence-electron chi connectivity index (χ1n) is 7.21. The smallest absolute Gasteiger partial charge is 0.251 e. The Morgan fingerprint density at radius 3 is 2.45 bits per heavy atom. The maximum atomic E-state index is 11.9. The highest BCUT2D eigenvalue weighted by Gasteiger charge is 2.26. The second kappa shape index (κ2) is 7.79. The van der Waals surface area contributed by atoms with Crippen molar-refractivity contribution < 1.29 is 14.3 Å². The zero-order valence-electron chi connectivity index (χ0n) is 13.6. The van der Waals surface area contributed by atoms with E-state index >= 15 is 0 Å². The van der Waals surface area contributed by atoms with Crippen LogP contribution in [0.3, 0.4) is 0 Å². The Bertz CT molecular complexity index is 524. The van der Waals surface area contributed by atoms with Crippen molar-refractivity contribution in [2.75, 3.05) is 20.2 Å². The summed E-state index contributed by atoms with van der Waals surface area (Å²) in [5.41, 5.74) is 6.06. The number of amides is 2. The van der Waals surface area contributed by atoms with Crippen LogP contribution in [0.15, 0.2) is 24.3 Å². The SMILES string of the molecule is COc1cccc(C(=O)NCCNC(=O)[C@@H](N)C(C)(C)C)c1. The summed E-state index contributed by atoms with van der Waals surface area (Å²) in [6, 6.07) is 6.29. The third-order valence-electron chi connectivity index (χ3n) is 3.26. The highest BCUT2D eigenvalue weighted by molar-refractivity contribution is 5.94. The minimum Gasteiger partial charge on any atom is -0.497 e. The molecule has 1 aromatic rings. The van der Waals surface area contributed by atoms with E-state index in [1.807, 2.05) is 20.8 Å². The van der Waals surface area contributed by atoms with E-state index in [1.165, 1.54) is 0 Å². The Labute approximate surface area is 131 Å². The number of hydrogen-bond acceptors (Lipinski definition) is 4. The number of carbonyl (C=O) groups excluding carboxylic acids is 2. The summed E-state index contributed by atoms with van der Waals surface area (Å²) >= 11 is 0. The van der Waals surface area contributed by atoms with Gasteiger partial charge in [0.25, 0.3) is 5.91 Å². The normalized spacial score (nSPS) is 12.4. The fourth-order valence-electron chi connectivity index (χ4n) is 1.73. The van der Waals surface area contributed by atoms with Crippen LogP contribution in [0, 0.1) is 5.41 Å². The topological polar surface area (TPSA) is 93.5 Å². The molecular weight excluding hydrogens is 282 g/mol. The first-order chi connectivity index (χ1) is 10.3. The third kappa shape index (κ3) is 5.37. The molecule has 0 spiro atoms. The van der Waals surface area contributed by atoms with Crippen molar-refractivity contribution in [1.82, 2.24) is 10.6 Å². The molecule has 0 aliphatic heterocycles. The van der Waals surface area contributed by atoms with E-state index in [1.54, 1.807) is 31.4 Å². The summed E-state index contributed by atoms with van der Waals surface area (Å²) in [4.78, 5) is 23.8. The quantitative estimate of drug-likeness (QED) is 0.681. The van der Waals surface area contributed by atoms with Gasteiger partial charge in [0.1, 0.15) is 5.75 Å². The van der Waals surface area contributed by atoms with E-state index in [-0.39, 0.29) is 17.2 Å². The number of rotatable bonds is 6. The summed E-state index contributed by atoms with van der Waals surface area (Å²) in [6.45, 7) is 6.38. The molecule has 0 radical (unpaired) electrons. The minimum absolute atomic E-state index is 0.215. The van der Waals surface area contributed by atoms with Crippen LogP contribution >= 0.6 is 0 Å². The van der Waals surface area contributed by atoms with Gasteiger partial charge in [-0.05, 0) is 23.6 Å². The molecule has 0 aliphatic carbocycles. The van der Waals surface area contributed by atoms with Gasteiger partial charge in [-0.15, -0.1) is 0 Å². The zero-order chi connectivity index (χ0) is 16.8. The van der Waals surface area contributed by atoms with E-state index in [2.05, 4.69) is 10.6 Å². The maximum absolute atomic E-state index is 11.9. The summed E-state index contributed by atoms with van der Waals surface area (Å²) in [7, 11) is 1.55. The molecule has 0 aliphatic rings. The van der Waals surface area contributed by atoms with Crippen LogP contribution in [-0.2, 0) is 4.79 Å². The molecule has 0 unspecified atom stereocenters. The standard InChI is InChI=1S/C16H25N3O3/c1-16(2,3)13(17)15(21)19-9-8-18-14(20)11-6-5-7-12(10-11)22-4/h5-7,10,13H,8-9,17H2,1-4H3,(H,18,20)(H,19,21)/t13-/m1/s1. The Balaban J connectivity index is 2.38. The molecule has 1 atom stereocenters. The first kappa shape index (κ1) is 18.0. The van der Waals surface area contributed by atoms with Gasteiger partial charge in [-0.3, -0.25) is 9.59 Å². The Hall–Kier alpha value is -2.08. The number of nitrogens with two attached hydrogens (primary N) is 1. The fourth-order valence-corrected chi connectivity index (χ4v) is 1.73. The second-order valence-corrected chi connectivity index (χ2v) is 6.12. The zero-order valence-corrected chi connectivity index (χ0v) is 13.6. The second-order valence-electron chi connectivity index (χ2n) is 6.12. The molecular formula is C16H25N3O3. The van der Waals surface area contributed by atoms with E-state index in [4.69, 9.17) is 10.5 Å². The van der Waals surface area contributed by atoms with Crippen molar-refractivity contribution in [1.29, 1.82) is 0 Å². The van der Waals surface area contributed by atoms with Crippen LogP contribution in [0.1, 0.15) is 31.1 Å². The largest absolute Gasteiger partial charge is 0.497 e. The van der Waals surface area contributed by atoms with E-state index < -0.39 is 6.04 Å². The predicted molar refractivity (Wildman–Crippen MR) is 85.8 cm³/mol. The van der Waals surface area contributed by atoms with Crippen LogP contribution < -0.4 is 21.1 Å². The van der Waals surface area contributed by atoms with Crippen LogP contribution in [-0.4, -0.2) is 38.1 Å². The Morgan fingerprint density at radius 2 is 1.86 bits per heavy atom. The van der Waals surface area contributed by atoms with Gasteiger partial charge in [-0.25, -0.2) is 0 Å². The van der Waals surface area contributed by atoms with Gasteiger partial charge in [0.05, 0.1) is 13.2 Å². The number of nitrogens with one attached hydrogen (secondary N) is 2. The Morgan fingerprint density at radius 1 is 1.23 bits per heavy atom. The Kier molecular flexibility index (Phi) is 6.37. The van der Waals surface area contributed by atoms with Crippen LogP contribution in [0.4, 0.5) is 0 Å². The molecule has 122 valence electrons. The average Bonchev–Trinajstić information content (AvgIpc) is 2.49. The van der Waals surface area contributed by atoms with Gasteiger partial charge >= 0.3 is 0 Å². The van der Waals surface area contributed by atoms with E-state index in [0.717, 1.165) is 0 Å². The molecule has 22 heavy (non-hydrogen) atoms. The van der Waals surface area contributed by atoms with Crippen molar-refractivity contribution in [3.05, 3.63) is 29.8 Å². The van der Waals surface area contributed by atoms with Gasteiger partial charge in [-0.2, -0.15) is 0 Å². The minimum atomic E-state index is -0.582. The molecule has 0 heterocycles. The van der Waals surface area contributed by atoms with Gasteiger partial charge in [-0.1, -0.05) is 26.8 Å². The maximum Gasteiger partial charge on any atom is 0.251 e. The molecule has 0 saturated heterocycles. The molecule has 0 aromatic heterocycles. The monoisotopic (exact) mass is 307 g/mol. The van der Waals surface area contributed by atoms with E-state index in [0.29, 0.717) is 24.4 Å². The molecule has 0 fully saturated rings. The summed E-state index contributed by atoms with van der Waals surface area (Å²) in [5, 5.41) is 5.45. The molecule has 1 aromatic carbocycles. The molecule has 6 heteroatoms. The first-order valence-corrected chi connectivity index (χ1v) is 7.21. The summed E-state index contributed by atoms with van der Waals surface area (Å²) < 4.78 is 5.07. The molecule has 0 saturated carbocycles. The third-order valence-corrected chi connectivity index (χ3v) is 3.26. The number of carbonyl (C=O) groups is 2. The van der Waals surface area contributed by atoms with Crippen molar-refractivity contribution in [3.8, 4) is 5.75 Å². The van der Waals surface area contributed by atoms with Crippen LogP contribution in [0.5, 0.6) is 5.75 Å². The lowest BCUT2D eigenvalue weighted by Crippen LogP contribution is -2.49. The molecule has 2 amide bonds. The van der Waals surface area contributed by atoms with Crippen molar-refractivity contribution in [2.45, 2.75) is 26.8 Å². The molecule has 4 N–H and O–H groups in total. The highest BCUT2D eigenvalue weighted by atomic mass is 16.5. The fraction of sp³-hybridized carbons (Fsp3) is 0.500. The summed E-state index contributed by atoms with van der Waals surface area (Å²) in [5.74, 6) is 0.188. The van der Waals surface area contributed by atoms with Gasteiger partial charge < -0.3 is 21.1 Å². The number of hydrogen-bond donors (Lipinski definition) is 3. The average molecular weight is 307 g/mol. The summed E-state index contributed by atoms with van der Waals surface area (Å²) in [6.07, 6.45) is 0. The lowest BCUT2D eigenvalue weighted by atomic mass is 9.87. The van der Waals surface area contributed by atoms with Gasteiger partial charge in [0.15, 0.2) is 0 Å². The van der Waals surface area contributed by atoms with Crippen LogP contribution in [0.25, 0.3) is 0 Å². The van der Waals surface area contributed by atoms with Crippen LogP contribution in [0.2, 0.25) is 0 Å². The highest BCUT2D eigenvalue weighted by Crippen LogP contribution is 2.17. The molecule has 1 rings (SSSR count). The molecule has 0 bridgehead atoms. The lowest BCUT2D eigenvalue weighted by Gasteiger charge is -2.25. The number of ether oxygens (including phenoxy) is 1. The van der Waals surface area contributed by atoms with Gasteiger partial charge in [0, 0.05) is 18.7 Å². The lowest BCUT2D eigenvalue weighted by molar-refractivity contribution is -0.124. The van der Waals surface area contributed by atoms with Gasteiger partial charge in [0.2, 0.25) is 5.91 Å².